The number of nitrogens with one attached hydrogen (secondary N) is 2. The van der Waals surface area contributed by atoms with Crippen LogP contribution in [0, 0.1) is 0 Å². The van der Waals surface area contributed by atoms with Gasteiger partial charge in [-0.2, -0.15) is 5.10 Å². The molecule has 6 nitrogen and oxygen atoms in total. The van der Waals surface area contributed by atoms with Crippen LogP contribution in [0.25, 0.3) is 5.70 Å². The van der Waals surface area contributed by atoms with E-state index in [0.717, 1.165) is 29.1 Å². The van der Waals surface area contributed by atoms with Crippen molar-refractivity contribution in [1.82, 2.24) is 15.7 Å². The third-order valence-corrected chi connectivity index (χ3v) is 3.69. The number of hydrogen-bond acceptors (Lipinski definition) is 5. The largest absolute Gasteiger partial charge is 0.494 e. The van der Waals surface area contributed by atoms with Crippen molar-refractivity contribution < 1.29 is 9.53 Å². The average Bonchev–Trinajstić information content (AvgIpc) is 2.68. The summed E-state index contributed by atoms with van der Waals surface area (Å²) in [5, 5.41) is 6.89. The van der Waals surface area contributed by atoms with Gasteiger partial charge in [0.05, 0.1) is 23.6 Å². The second kappa shape index (κ2) is 8.10. The molecule has 0 bridgehead atoms. The van der Waals surface area contributed by atoms with E-state index in [9.17, 15) is 4.79 Å². The molecule has 128 valence electrons. The van der Waals surface area contributed by atoms with Crippen molar-refractivity contribution in [2.24, 2.45) is 5.10 Å². The van der Waals surface area contributed by atoms with Gasteiger partial charge >= 0.3 is 0 Å². The summed E-state index contributed by atoms with van der Waals surface area (Å²) < 4.78 is 5.40. The second-order valence-corrected chi connectivity index (χ2v) is 5.47. The average molecular weight is 336 g/mol. The molecule has 1 aliphatic rings. The van der Waals surface area contributed by atoms with Crippen LogP contribution in [0.4, 0.5) is 0 Å². The molecular formula is C19H20N4O2. The first kappa shape index (κ1) is 16.7. The van der Waals surface area contributed by atoms with Gasteiger partial charge in [-0.3, -0.25) is 15.2 Å². The highest BCUT2D eigenvalue weighted by molar-refractivity contribution is 5.94. The number of carbonyl (C=O) groups excluding carboxylic acids is 1. The second-order valence-electron chi connectivity index (χ2n) is 5.47. The quantitative estimate of drug-likeness (QED) is 0.850. The van der Waals surface area contributed by atoms with Crippen LogP contribution in [0.15, 0.2) is 53.8 Å². The molecule has 1 aliphatic heterocycles. The molecule has 2 heterocycles. The van der Waals surface area contributed by atoms with Gasteiger partial charge in [0.15, 0.2) is 0 Å². The number of hydrazone groups is 1. The summed E-state index contributed by atoms with van der Waals surface area (Å²) in [5.41, 5.74) is 6.05. The molecule has 1 amide bonds. The zero-order valence-corrected chi connectivity index (χ0v) is 14.0. The highest BCUT2D eigenvalue weighted by Crippen LogP contribution is 2.13. The van der Waals surface area contributed by atoms with E-state index in [1.807, 2.05) is 43.3 Å². The van der Waals surface area contributed by atoms with Crippen LogP contribution in [0.1, 0.15) is 35.0 Å². The van der Waals surface area contributed by atoms with Crippen LogP contribution in [-0.2, 0) is 6.54 Å². The van der Waals surface area contributed by atoms with Crippen molar-refractivity contribution in [3.05, 3.63) is 65.5 Å². The van der Waals surface area contributed by atoms with Crippen molar-refractivity contribution in [1.29, 1.82) is 0 Å². The van der Waals surface area contributed by atoms with Crippen LogP contribution in [0.5, 0.6) is 5.75 Å². The monoisotopic (exact) mass is 336 g/mol. The summed E-state index contributed by atoms with van der Waals surface area (Å²) >= 11 is 0. The first-order chi connectivity index (χ1) is 12.3. The Morgan fingerprint density at radius 2 is 2.08 bits per heavy atom. The Labute approximate surface area is 146 Å². The van der Waals surface area contributed by atoms with E-state index in [-0.39, 0.29) is 5.91 Å². The van der Waals surface area contributed by atoms with E-state index in [1.54, 1.807) is 18.5 Å². The lowest BCUT2D eigenvalue weighted by molar-refractivity contribution is 0.0950. The molecule has 0 saturated carbocycles. The number of nitrogens with zero attached hydrogens (tertiary/aromatic N) is 2. The lowest BCUT2D eigenvalue weighted by Crippen LogP contribution is -2.23. The highest BCUT2D eigenvalue weighted by atomic mass is 16.5. The third-order valence-electron chi connectivity index (χ3n) is 3.69. The number of allylic oxidation sites excluding steroid dienone is 1. The van der Waals surface area contributed by atoms with Crippen molar-refractivity contribution in [3.8, 4) is 5.75 Å². The van der Waals surface area contributed by atoms with E-state index in [1.165, 1.54) is 0 Å². The summed E-state index contributed by atoms with van der Waals surface area (Å²) in [6.07, 6.45) is 6.13. The number of amides is 1. The topological polar surface area (TPSA) is 75.6 Å². The number of pyridine rings is 1. The predicted molar refractivity (Wildman–Crippen MR) is 97.2 cm³/mol. The van der Waals surface area contributed by atoms with Gasteiger partial charge in [-0.1, -0.05) is 18.2 Å². The molecular weight excluding hydrogens is 316 g/mol. The first-order valence-corrected chi connectivity index (χ1v) is 8.20. The smallest absolute Gasteiger partial charge is 0.253 e. The molecule has 0 spiro atoms. The standard InChI is InChI=1S/C19H20N4O2/c1-2-25-16-8-5-14(6-9-16)12-21-19(24)15-7-10-17(20-13-15)18-4-3-11-22-23-18/h4-11,13,23H,2-3,12H2,1H3,(H,21,24). The first-order valence-electron chi connectivity index (χ1n) is 8.20. The minimum Gasteiger partial charge on any atom is -0.494 e. The number of benzene rings is 1. The summed E-state index contributed by atoms with van der Waals surface area (Å²) in [7, 11) is 0. The number of ether oxygens (including phenoxy) is 1. The van der Waals surface area contributed by atoms with E-state index < -0.39 is 0 Å². The molecule has 0 fully saturated rings. The number of carbonyl (C=O) groups is 1. The number of aromatic nitrogens is 1. The van der Waals surface area contributed by atoms with Gasteiger partial charge in [0.25, 0.3) is 5.91 Å². The van der Waals surface area contributed by atoms with Crippen LogP contribution in [-0.4, -0.2) is 23.7 Å². The molecule has 1 aromatic carbocycles. The van der Waals surface area contributed by atoms with Gasteiger partial charge in [0.2, 0.25) is 0 Å². The maximum absolute atomic E-state index is 12.2. The Kier molecular flexibility index (Phi) is 5.41. The van der Waals surface area contributed by atoms with Crippen molar-refractivity contribution >= 4 is 17.8 Å². The van der Waals surface area contributed by atoms with Gasteiger partial charge in [0, 0.05) is 25.4 Å². The lowest BCUT2D eigenvalue weighted by atomic mass is 10.2. The van der Waals surface area contributed by atoms with Gasteiger partial charge in [0.1, 0.15) is 5.75 Å². The van der Waals surface area contributed by atoms with Crippen LogP contribution in [0.2, 0.25) is 0 Å². The Bertz CT molecular complexity index is 780. The summed E-state index contributed by atoms with van der Waals surface area (Å²) in [6.45, 7) is 3.04. The Morgan fingerprint density at radius 3 is 2.72 bits per heavy atom. The number of rotatable bonds is 6. The SMILES string of the molecule is CCOc1ccc(CNC(=O)c2ccc(C3=CCC=NN3)nc2)cc1. The molecule has 2 N–H and O–H groups in total. The van der Waals surface area contributed by atoms with E-state index >= 15 is 0 Å². The highest BCUT2D eigenvalue weighted by Gasteiger charge is 2.09. The van der Waals surface area contributed by atoms with Gasteiger partial charge in [-0.15, -0.1) is 0 Å². The normalized spacial score (nSPS) is 12.9. The van der Waals surface area contributed by atoms with E-state index in [4.69, 9.17) is 4.74 Å². The predicted octanol–water partition coefficient (Wildman–Crippen LogP) is 2.73. The van der Waals surface area contributed by atoms with E-state index in [0.29, 0.717) is 18.7 Å². The molecule has 1 aromatic heterocycles. The fraction of sp³-hybridized carbons (Fsp3) is 0.211. The van der Waals surface area contributed by atoms with Gasteiger partial charge < -0.3 is 10.1 Å². The number of hydrogen-bond donors (Lipinski definition) is 2. The van der Waals surface area contributed by atoms with Crippen LogP contribution < -0.4 is 15.5 Å². The molecule has 0 saturated heterocycles. The van der Waals surface area contributed by atoms with Crippen LogP contribution >= 0.6 is 0 Å². The maximum atomic E-state index is 12.2. The summed E-state index contributed by atoms with van der Waals surface area (Å²) in [4.78, 5) is 16.6. The minimum atomic E-state index is -0.156. The van der Waals surface area contributed by atoms with E-state index in [2.05, 4.69) is 20.8 Å². The van der Waals surface area contributed by atoms with Crippen molar-refractivity contribution in [2.45, 2.75) is 19.9 Å². The molecule has 0 radical (unpaired) electrons. The molecule has 0 unspecified atom stereocenters. The summed E-state index contributed by atoms with van der Waals surface area (Å²) in [5.74, 6) is 0.670. The maximum Gasteiger partial charge on any atom is 0.253 e. The zero-order chi connectivity index (χ0) is 17.5. The Balaban J connectivity index is 1.56. The van der Waals surface area contributed by atoms with Crippen LogP contribution in [0.3, 0.4) is 0 Å². The molecule has 3 rings (SSSR count). The molecule has 0 aliphatic carbocycles. The van der Waals surface area contributed by atoms with Gasteiger partial charge in [-0.05, 0) is 36.8 Å². The third kappa shape index (κ3) is 4.44. The fourth-order valence-corrected chi connectivity index (χ4v) is 2.39. The van der Waals surface area contributed by atoms with Crippen molar-refractivity contribution in [3.63, 3.8) is 0 Å². The molecule has 25 heavy (non-hydrogen) atoms. The molecule has 0 atom stereocenters. The minimum absolute atomic E-state index is 0.156. The fourth-order valence-electron chi connectivity index (χ4n) is 2.39. The molecule has 6 heteroatoms. The summed E-state index contributed by atoms with van der Waals surface area (Å²) in [6, 6.07) is 11.2. The van der Waals surface area contributed by atoms with Gasteiger partial charge in [-0.25, -0.2) is 0 Å². The lowest BCUT2D eigenvalue weighted by Gasteiger charge is -2.10. The molecule has 2 aromatic rings. The Hall–Kier alpha value is -3.15. The van der Waals surface area contributed by atoms with Crippen molar-refractivity contribution in [2.75, 3.05) is 6.61 Å². The zero-order valence-electron chi connectivity index (χ0n) is 14.0. The Morgan fingerprint density at radius 1 is 1.24 bits per heavy atom.